The molecule has 1 aliphatic rings. The van der Waals surface area contributed by atoms with E-state index < -0.39 is 0 Å². The lowest BCUT2D eigenvalue weighted by atomic mass is 10.0. The van der Waals surface area contributed by atoms with Gasteiger partial charge in [-0.25, -0.2) is 0 Å². The number of aromatic nitrogens is 4. The van der Waals surface area contributed by atoms with Crippen molar-refractivity contribution in [1.29, 1.82) is 0 Å². The molecule has 0 aromatic carbocycles. The van der Waals surface area contributed by atoms with Gasteiger partial charge in [0.2, 0.25) is 0 Å². The molecule has 1 aliphatic heterocycles. The maximum atomic E-state index is 4.57. The highest BCUT2D eigenvalue weighted by molar-refractivity contribution is 5.41. The summed E-state index contributed by atoms with van der Waals surface area (Å²) < 4.78 is 2.15. The smallest absolute Gasteiger partial charge is 0.151 e. The highest BCUT2D eigenvalue weighted by Crippen LogP contribution is 2.26. The van der Waals surface area contributed by atoms with Crippen molar-refractivity contribution >= 4 is 5.82 Å². The van der Waals surface area contributed by atoms with Crippen LogP contribution in [0.2, 0.25) is 0 Å². The lowest BCUT2D eigenvalue weighted by molar-refractivity contribution is 0.341. The van der Waals surface area contributed by atoms with E-state index in [-0.39, 0.29) is 5.54 Å². The molecule has 5 nitrogen and oxygen atoms in total. The van der Waals surface area contributed by atoms with E-state index in [1.807, 2.05) is 25.3 Å². The summed E-state index contributed by atoms with van der Waals surface area (Å²) in [5.74, 6) is 0.949. The van der Waals surface area contributed by atoms with E-state index in [2.05, 4.69) is 45.6 Å². The number of fused-ring (bicyclic) bond motifs is 1. The second-order valence-electron chi connectivity index (χ2n) is 6.40. The Kier molecular flexibility index (Phi) is 3.00. The van der Waals surface area contributed by atoms with Crippen molar-refractivity contribution < 1.29 is 0 Å². The van der Waals surface area contributed by atoms with Crippen LogP contribution in [-0.2, 0) is 18.5 Å². The van der Waals surface area contributed by atoms with E-state index in [0.29, 0.717) is 0 Å². The van der Waals surface area contributed by atoms with Crippen molar-refractivity contribution in [2.45, 2.75) is 46.2 Å². The van der Waals surface area contributed by atoms with Crippen LogP contribution in [-0.4, -0.2) is 26.5 Å². The molecule has 0 saturated carbocycles. The molecule has 0 radical (unpaired) electrons. The number of rotatable bonds is 1. The summed E-state index contributed by atoms with van der Waals surface area (Å²) in [5.41, 5.74) is 3.65. The van der Waals surface area contributed by atoms with Gasteiger partial charge in [0.25, 0.3) is 0 Å². The van der Waals surface area contributed by atoms with Crippen LogP contribution in [0.1, 0.15) is 37.7 Å². The minimum Gasteiger partial charge on any atom is -0.350 e. The van der Waals surface area contributed by atoms with E-state index in [0.717, 1.165) is 31.0 Å². The molecular formula is C15H21N5. The van der Waals surface area contributed by atoms with Crippen LogP contribution < -0.4 is 4.90 Å². The molecule has 0 saturated heterocycles. The highest BCUT2D eigenvalue weighted by Gasteiger charge is 2.26. The first-order chi connectivity index (χ1) is 9.45. The van der Waals surface area contributed by atoms with Crippen molar-refractivity contribution in [2.75, 3.05) is 11.4 Å². The predicted molar refractivity (Wildman–Crippen MR) is 78.7 cm³/mol. The Labute approximate surface area is 119 Å². The lowest BCUT2D eigenvalue weighted by Crippen LogP contribution is -2.34. The number of hydrogen-bond donors (Lipinski definition) is 0. The van der Waals surface area contributed by atoms with Gasteiger partial charge in [-0.05, 0) is 39.8 Å². The predicted octanol–water partition coefficient (Wildman–Crippen LogP) is 2.30. The zero-order chi connectivity index (χ0) is 14.3. The van der Waals surface area contributed by atoms with Gasteiger partial charge in [-0.1, -0.05) is 0 Å². The van der Waals surface area contributed by atoms with Crippen LogP contribution in [0.15, 0.2) is 18.3 Å². The molecule has 20 heavy (non-hydrogen) atoms. The van der Waals surface area contributed by atoms with Crippen LogP contribution in [0.4, 0.5) is 5.82 Å². The molecule has 0 spiro atoms. The third kappa shape index (κ3) is 2.28. The Morgan fingerprint density at radius 2 is 1.95 bits per heavy atom. The fraction of sp³-hybridized carbons (Fsp3) is 0.533. The van der Waals surface area contributed by atoms with Crippen molar-refractivity contribution in [2.24, 2.45) is 0 Å². The fourth-order valence-electron chi connectivity index (χ4n) is 2.67. The van der Waals surface area contributed by atoms with Gasteiger partial charge in [0, 0.05) is 30.8 Å². The zero-order valence-electron chi connectivity index (χ0n) is 12.6. The van der Waals surface area contributed by atoms with Crippen LogP contribution in [0.25, 0.3) is 0 Å². The van der Waals surface area contributed by atoms with Crippen molar-refractivity contribution in [3.63, 3.8) is 0 Å². The number of aryl methyl sites for hydroxylation is 1. The first-order valence-electron chi connectivity index (χ1n) is 7.07. The van der Waals surface area contributed by atoms with Crippen molar-refractivity contribution in [1.82, 2.24) is 20.0 Å². The van der Waals surface area contributed by atoms with Crippen molar-refractivity contribution in [3.8, 4) is 0 Å². The second kappa shape index (κ2) is 4.58. The Hall–Kier alpha value is -1.91. The van der Waals surface area contributed by atoms with Gasteiger partial charge in [0.1, 0.15) is 0 Å². The molecule has 2 aromatic rings. The molecule has 5 heteroatoms. The number of nitrogens with zero attached hydrogens (tertiary/aromatic N) is 5. The quantitative estimate of drug-likeness (QED) is 0.798. The van der Waals surface area contributed by atoms with Crippen molar-refractivity contribution in [3.05, 3.63) is 35.3 Å². The largest absolute Gasteiger partial charge is 0.350 e. The molecule has 3 heterocycles. The Morgan fingerprint density at radius 1 is 1.15 bits per heavy atom. The molecule has 3 rings (SSSR count). The summed E-state index contributed by atoms with van der Waals surface area (Å²) in [6.45, 7) is 10.4. The van der Waals surface area contributed by atoms with Gasteiger partial charge >= 0.3 is 0 Å². The van der Waals surface area contributed by atoms with E-state index in [1.165, 1.54) is 11.3 Å². The van der Waals surface area contributed by atoms with Gasteiger partial charge in [0.15, 0.2) is 5.82 Å². The van der Waals surface area contributed by atoms with Crippen LogP contribution in [0, 0.1) is 6.92 Å². The van der Waals surface area contributed by atoms with Crippen LogP contribution in [0.3, 0.4) is 0 Å². The van der Waals surface area contributed by atoms with E-state index >= 15 is 0 Å². The summed E-state index contributed by atoms with van der Waals surface area (Å²) in [6.07, 6.45) is 3.00. The molecule has 0 aliphatic carbocycles. The summed E-state index contributed by atoms with van der Waals surface area (Å²) >= 11 is 0. The van der Waals surface area contributed by atoms with Crippen LogP contribution >= 0.6 is 0 Å². The average Bonchev–Trinajstić information content (AvgIpc) is 2.82. The lowest BCUT2D eigenvalue weighted by Gasteiger charge is -2.30. The van der Waals surface area contributed by atoms with Gasteiger partial charge in [-0.15, -0.1) is 5.10 Å². The van der Waals surface area contributed by atoms with Gasteiger partial charge in [0.05, 0.1) is 17.4 Å². The van der Waals surface area contributed by atoms with E-state index in [9.17, 15) is 0 Å². The molecule has 0 bridgehead atoms. The Bertz CT molecular complexity index is 606. The maximum Gasteiger partial charge on any atom is 0.151 e. The normalized spacial score (nSPS) is 15.3. The maximum absolute atomic E-state index is 4.57. The average molecular weight is 271 g/mol. The highest BCUT2D eigenvalue weighted by atomic mass is 15.3. The molecular weight excluding hydrogens is 250 g/mol. The number of hydrogen-bond acceptors (Lipinski definition) is 4. The van der Waals surface area contributed by atoms with Gasteiger partial charge < -0.3 is 4.90 Å². The summed E-state index contributed by atoms with van der Waals surface area (Å²) in [7, 11) is 0. The fourth-order valence-corrected chi connectivity index (χ4v) is 2.67. The molecule has 0 atom stereocenters. The molecule has 0 amide bonds. The zero-order valence-corrected chi connectivity index (χ0v) is 12.6. The van der Waals surface area contributed by atoms with Gasteiger partial charge in [-0.2, -0.15) is 10.2 Å². The second-order valence-corrected chi connectivity index (χ2v) is 6.40. The first kappa shape index (κ1) is 13.1. The molecule has 106 valence electrons. The van der Waals surface area contributed by atoms with Gasteiger partial charge in [-0.3, -0.25) is 4.68 Å². The SMILES string of the molecule is Cc1ccc(N2CCc3c(cnn3C(C)(C)C)C2)nn1. The first-order valence-corrected chi connectivity index (χ1v) is 7.07. The summed E-state index contributed by atoms with van der Waals surface area (Å²) in [5, 5.41) is 13.0. The molecule has 0 N–H and O–H groups in total. The minimum absolute atomic E-state index is 0.0411. The van der Waals surface area contributed by atoms with Crippen LogP contribution in [0.5, 0.6) is 0 Å². The Morgan fingerprint density at radius 3 is 2.60 bits per heavy atom. The summed E-state index contributed by atoms with van der Waals surface area (Å²) in [6, 6.07) is 4.05. The minimum atomic E-state index is 0.0411. The monoisotopic (exact) mass is 271 g/mol. The topological polar surface area (TPSA) is 46.8 Å². The third-order valence-corrected chi connectivity index (χ3v) is 3.68. The standard InChI is InChI=1S/C15H21N5/c1-11-5-6-14(18-17-11)19-8-7-13-12(10-19)9-16-20(13)15(2,3)4/h5-6,9H,7-8,10H2,1-4H3. The third-order valence-electron chi connectivity index (χ3n) is 3.68. The Balaban J connectivity index is 1.86. The number of anilines is 1. The van der Waals surface area contributed by atoms with E-state index in [4.69, 9.17) is 0 Å². The molecule has 2 aromatic heterocycles. The molecule has 0 fully saturated rings. The summed E-state index contributed by atoms with van der Waals surface area (Å²) in [4.78, 5) is 2.27. The molecule has 0 unspecified atom stereocenters. The van der Waals surface area contributed by atoms with E-state index in [1.54, 1.807) is 0 Å².